The predicted molar refractivity (Wildman–Crippen MR) is 69.0 cm³/mol. The quantitative estimate of drug-likeness (QED) is 0.858. The second-order valence-corrected chi connectivity index (χ2v) is 4.56. The first kappa shape index (κ1) is 12.8. The van der Waals surface area contributed by atoms with E-state index in [0.717, 1.165) is 12.8 Å². The normalized spacial score (nSPS) is 12.0. The van der Waals surface area contributed by atoms with E-state index in [4.69, 9.17) is 10.5 Å². The number of imidazole rings is 1. The highest BCUT2D eigenvalue weighted by Gasteiger charge is 2.21. The van der Waals surface area contributed by atoms with Crippen LogP contribution >= 0.6 is 0 Å². The van der Waals surface area contributed by atoms with Gasteiger partial charge in [-0.05, 0) is 31.0 Å². The number of benzene rings is 1. The molecular weight excluding hydrogens is 233 g/mol. The lowest BCUT2D eigenvalue weighted by molar-refractivity contribution is 0.196. The summed E-state index contributed by atoms with van der Waals surface area (Å²) in [6.07, 6.45) is 1.66. The fraction of sp³-hybridized carbons (Fsp3) is 0.462. The molecule has 0 fully saturated rings. The third-order valence-corrected chi connectivity index (χ3v) is 3.33. The van der Waals surface area contributed by atoms with Crippen molar-refractivity contribution in [2.45, 2.75) is 32.2 Å². The van der Waals surface area contributed by atoms with Gasteiger partial charge < -0.3 is 15.5 Å². The molecule has 0 amide bonds. The first-order valence-corrected chi connectivity index (χ1v) is 6.13. The maximum atomic E-state index is 13.0. The highest BCUT2D eigenvalue weighted by atomic mass is 19.1. The van der Waals surface area contributed by atoms with Crippen molar-refractivity contribution >= 4 is 11.0 Å². The molecule has 1 aromatic carbocycles. The van der Waals surface area contributed by atoms with E-state index >= 15 is 0 Å². The Labute approximate surface area is 105 Å². The molecule has 2 rings (SSSR count). The van der Waals surface area contributed by atoms with Gasteiger partial charge in [0.1, 0.15) is 12.4 Å². The average molecular weight is 251 g/mol. The number of rotatable bonds is 5. The van der Waals surface area contributed by atoms with Crippen molar-refractivity contribution in [2.24, 2.45) is 5.73 Å². The van der Waals surface area contributed by atoms with Gasteiger partial charge in [0.05, 0.1) is 11.0 Å². The molecule has 0 bridgehead atoms. The second kappa shape index (κ2) is 4.94. The van der Waals surface area contributed by atoms with E-state index in [1.54, 1.807) is 6.07 Å². The molecule has 18 heavy (non-hydrogen) atoms. The summed E-state index contributed by atoms with van der Waals surface area (Å²) in [5.41, 5.74) is 7.10. The lowest BCUT2D eigenvalue weighted by Crippen LogP contribution is -2.44. The number of hydrogen-bond donors (Lipinski definition) is 2. The van der Waals surface area contributed by atoms with Gasteiger partial charge >= 0.3 is 0 Å². The Bertz CT molecular complexity index is 534. The topological polar surface area (TPSA) is 63.9 Å². The molecule has 1 aromatic heterocycles. The zero-order valence-electron chi connectivity index (χ0n) is 10.7. The van der Waals surface area contributed by atoms with Crippen LogP contribution < -0.4 is 10.5 Å². The van der Waals surface area contributed by atoms with Crippen LogP contribution in [0.2, 0.25) is 0 Å². The van der Waals surface area contributed by atoms with Crippen molar-refractivity contribution < 1.29 is 9.13 Å². The Morgan fingerprint density at radius 1 is 1.39 bits per heavy atom. The van der Waals surface area contributed by atoms with Crippen LogP contribution in [-0.4, -0.2) is 22.1 Å². The maximum absolute atomic E-state index is 13.0. The van der Waals surface area contributed by atoms with E-state index in [0.29, 0.717) is 23.7 Å². The molecule has 4 nitrogen and oxygen atoms in total. The van der Waals surface area contributed by atoms with Gasteiger partial charge in [-0.1, -0.05) is 13.8 Å². The zero-order chi connectivity index (χ0) is 13.2. The molecule has 0 saturated carbocycles. The van der Waals surface area contributed by atoms with Gasteiger partial charge in [0.25, 0.3) is 6.01 Å². The Morgan fingerprint density at radius 2 is 2.11 bits per heavy atom. The summed E-state index contributed by atoms with van der Waals surface area (Å²) >= 11 is 0. The number of aromatic nitrogens is 2. The largest absolute Gasteiger partial charge is 0.463 e. The zero-order valence-corrected chi connectivity index (χ0v) is 10.7. The number of nitrogens with one attached hydrogen (secondary N) is 1. The van der Waals surface area contributed by atoms with Gasteiger partial charge in [0, 0.05) is 5.54 Å². The minimum Gasteiger partial charge on any atom is -0.463 e. The fourth-order valence-corrected chi connectivity index (χ4v) is 1.69. The second-order valence-electron chi connectivity index (χ2n) is 4.56. The Morgan fingerprint density at radius 3 is 2.78 bits per heavy atom. The summed E-state index contributed by atoms with van der Waals surface area (Å²) in [7, 11) is 0. The van der Waals surface area contributed by atoms with Crippen LogP contribution in [0.5, 0.6) is 6.01 Å². The number of hydrogen-bond acceptors (Lipinski definition) is 3. The molecule has 0 radical (unpaired) electrons. The van der Waals surface area contributed by atoms with Gasteiger partial charge in [-0.25, -0.2) is 4.39 Å². The Hall–Kier alpha value is -1.62. The molecule has 0 spiro atoms. The fourth-order valence-electron chi connectivity index (χ4n) is 1.69. The van der Waals surface area contributed by atoms with Crippen LogP contribution in [0, 0.1) is 5.82 Å². The number of nitrogens with two attached hydrogens (primary N) is 1. The third kappa shape index (κ3) is 2.61. The van der Waals surface area contributed by atoms with Crippen molar-refractivity contribution in [1.82, 2.24) is 9.97 Å². The third-order valence-electron chi connectivity index (χ3n) is 3.33. The van der Waals surface area contributed by atoms with Crippen molar-refractivity contribution in [1.29, 1.82) is 0 Å². The highest BCUT2D eigenvalue weighted by Crippen LogP contribution is 2.18. The first-order valence-electron chi connectivity index (χ1n) is 6.13. The van der Waals surface area contributed by atoms with E-state index in [2.05, 4.69) is 9.97 Å². The molecule has 0 saturated heterocycles. The molecule has 0 aliphatic heterocycles. The molecule has 0 aliphatic carbocycles. The minimum atomic E-state index is -0.343. The predicted octanol–water partition coefficient (Wildman–Crippen LogP) is 2.60. The summed E-state index contributed by atoms with van der Waals surface area (Å²) in [5.74, 6) is -0.298. The lowest BCUT2D eigenvalue weighted by Gasteiger charge is -2.25. The molecule has 1 heterocycles. The van der Waals surface area contributed by atoms with Gasteiger partial charge in [0.2, 0.25) is 0 Å². The highest BCUT2D eigenvalue weighted by molar-refractivity contribution is 5.75. The van der Waals surface area contributed by atoms with E-state index < -0.39 is 0 Å². The van der Waals surface area contributed by atoms with Crippen LogP contribution in [-0.2, 0) is 0 Å². The number of halogens is 1. The summed E-state index contributed by atoms with van der Waals surface area (Å²) in [5, 5.41) is 0. The van der Waals surface area contributed by atoms with Crippen molar-refractivity contribution in [3.8, 4) is 6.01 Å². The van der Waals surface area contributed by atoms with Crippen LogP contribution in [0.1, 0.15) is 26.7 Å². The van der Waals surface area contributed by atoms with Crippen molar-refractivity contribution in [2.75, 3.05) is 6.61 Å². The number of fused-ring (bicyclic) bond motifs is 1. The first-order chi connectivity index (χ1) is 8.56. The summed E-state index contributed by atoms with van der Waals surface area (Å²) < 4.78 is 18.6. The molecule has 0 unspecified atom stereocenters. The van der Waals surface area contributed by atoms with Crippen LogP contribution in [0.25, 0.3) is 11.0 Å². The molecular formula is C13H18FN3O. The molecule has 98 valence electrons. The van der Waals surface area contributed by atoms with E-state index in [-0.39, 0.29) is 11.4 Å². The lowest BCUT2D eigenvalue weighted by atomic mass is 9.96. The Kier molecular flexibility index (Phi) is 3.52. The van der Waals surface area contributed by atoms with Gasteiger partial charge in [-0.3, -0.25) is 0 Å². The number of ether oxygens (including phenoxy) is 1. The van der Waals surface area contributed by atoms with Crippen molar-refractivity contribution in [3.63, 3.8) is 0 Å². The monoisotopic (exact) mass is 251 g/mol. The van der Waals surface area contributed by atoms with Crippen LogP contribution in [0.3, 0.4) is 0 Å². The van der Waals surface area contributed by atoms with E-state index in [1.807, 2.05) is 13.8 Å². The SMILES string of the molecule is CCC(N)(CC)COc1nc2ccc(F)cc2[nH]1. The summed E-state index contributed by atoms with van der Waals surface area (Å²) in [6, 6.07) is 4.76. The number of nitrogens with zero attached hydrogens (tertiary/aromatic N) is 1. The van der Waals surface area contributed by atoms with Gasteiger partial charge in [0.15, 0.2) is 0 Å². The average Bonchev–Trinajstić information content (AvgIpc) is 2.78. The van der Waals surface area contributed by atoms with Crippen LogP contribution in [0.4, 0.5) is 4.39 Å². The van der Waals surface area contributed by atoms with E-state index in [9.17, 15) is 4.39 Å². The van der Waals surface area contributed by atoms with Gasteiger partial charge in [-0.15, -0.1) is 0 Å². The number of aromatic amines is 1. The standard InChI is InChI=1S/C13H18FN3O/c1-3-13(15,4-2)8-18-12-16-10-6-5-9(14)7-11(10)17-12/h5-7H,3-4,8,15H2,1-2H3,(H,16,17). The van der Waals surface area contributed by atoms with E-state index in [1.165, 1.54) is 12.1 Å². The van der Waals surface area contributed by atoms with Crippen molar-refractivity contribution in [3.05, 3.63) is 24.0 Å². The molecule has 3 N–H and O–H groups in total. The van der Waals surface area contributed by atoms with Gasteiger partial charge in [-0.2, -0.15) is 4.98 Å². The molecule has 0 aliphatic rings. The number of H-pyrrole nitrogens is 1. The summed E-state index contributed by atoms with van der Waals surface area (Å²) in [4.78, 5) is 7.15. The minimum absolute atomic E-state index is 0.298. The molecule has 5 heteroatoms. The van der Waals surface area contributed by atoms with Crippen LogP contribution in [0.15, 0.2) is 18.2 Å². The summed E-state index contributed by atoms with van der Waals surface area (Å²) in [6.45, 7) is 4.45. The Balaban J connectivity index is 2.13. The molecule has 2 aromatic rings. The maximum Gasteiger partial charge on any atom is 0.294 e. The molecule has 0 atom stereocenters. The smallest absolute Gasteiger partial charge is 0.294 e.